The van der Waals surface area contributed by atoms with Gasteiger partial charge in [-0.05, 0) is 44.4 Å². The van der Waals surface area contributed by atoms with Gasteiger partial charge in [0.1, 0.15) is 11.5 Å². The van der Waals surface area contributed by atoms with Crippen LogP contribution in [0.3, 0.4) is 0 Å². The van der Waals surface area contributed by atoms with E-state index in [4.69, 9.17) is 4.74 Å². The Morgan fingerprint density at radius 2 is 2.30 bits per heavy atom. The van der Waals surface area contributed by atoms with Crippen molar-refractivity contribution in [2.75, 3.05) is 13.7 Å². The maximum absolute atomic E-state index is 12.6. The maximum atomic E-state index is 12.6. The molecule has 2 atom stereocenters. The second-order valence-electron chi connectivity index (χ2n) is 5.26. The number of carbonyl (C=O) groups excluding carboxylic acids is 1. The molecule has 1 aromatic rings. The van der Waals surface area contributed by atoms with Gasteiger partial charge in [-0.15, -0.1) is 0 Å². The van der Waals surface area contributed by atoms with Crippen LogP contribution in [0.4, 0.5) is 0 Å². The van der Waals surface area contributed by atoms with Crippen LogP contribution in [0.5, 0.6) is 11.5 Å². The summed E-state index contributed by atoms with van der Waals surface area (Å²) in [5, 5.41) is 19.4. The summed E-state index contributed by atoms with van der Waals surface area (Å²) in [5.41, 5.74) is 0.252. The number of hydrogen-bond donors (Lipinski definition) is 2. The van der Waals surface area contributed by atoms with Gasteiger partial charge in [0.25, 0.3) is 5.91 Å². The molecule has 0 aliphatic carbocycles. The van der Waals surface area contributed by atoms with Crippen molar-refractivity contribution in [2.45, 2.75) is 38.3 Å². The van der Waals surface area contributed by atoms with Crippen molar-refractivity contribution >= 4 is 5.91 Å². The molecular weight excluding hydrogens is 258 g/mol. The predicted octanol–water partition coefficient (Wildman–Crippen LogP) is 1.78. The molecule has 1 aromatic carbocycles. The van der Waals surface area contributed by atoms with Gasteiger partial charge < -0.3 is 19.8 Å². The molecule has 1 aliphatic rings. The van der Waals surface area contributed by atoms with Gasteiger partial charge in [-0.25, -0.2) is 0 Å². The first kappa shape index (κ1) is 14.7. The van der Waals surface area contributed by atoms with Gasteiger partial charge in [0.05, 0.1) is 18.8 Å². The summed E-state index contributed by atoms with van der Waals surface area (Å²) in [4.78, 5) is 14.3. The number of aliphatic hydroxyl groups is 1. The van der Waals surface area contributed by atoms with Crippen molar-refractivity contribution in [3.8, 4) is 11.5 Å². The van der Waals surface area contributed by atoms with Crippen LogP contribution in [0.15, 0.2) is 18.2 Å². The highest BCUT2D eigenvalue weighted by atomic mass is 16.5. The molecule has 2 rings (SSSR count). The third-order valence-electron chi connectivity index (χ3n) is 3.69. The van der Waals surface area contributed by atoms with Crippen LogP contribution in [-0.2, 0) is 0 Å². The quantitative estimate of drug-likeness (QED) is 0.881. The Morgan fingerprint density at radius 1 is 1.55 bits per heavy atom. The molecule has 0 aromatic heterocycles. The summed E-state index contributed by atoms with van der Waals surface area (Å²) in [5.74, 6) is 0.292. The molecule has 1 fully saturated rings. The Bertz CT molecular complexity index is 487. The molecule has 2 unspecified atom stereocenters. The number of rotatable bonds is 4. The molecule has 5 heteroatoms. The third kappa shape index (κ3) is 3.04. The number of methoxy groups -OCH3 is 1. The number of phenols is 1. The SMILES string of the molecule is COc1ccc(O)c(C(=O)N2CCCC2CC(C)O)c1. The van der Waals surface area contributed by atoms with E-state index in [0.717, 1.165) is 12.8 Å². The number of carbonyl (C=O) groups is 1. The summed E-state index contributed by atoms with van der Waals surface area (Å²) in [6.45, 7) is 2.39. The van der Waals surface area contributed by atoms with E-state index in [-0.39, 0.29) is 23.3 Å². The van der Waals surface area contributed by atoms with E-state index in [2.05, 4.69) is 0 Å². The van der Waals surface area contributed by atoms with Crippen molar-refractivity contribution in [3.63, 3.8) is 0 Å². The first-order chi connectivity index (χ1) is 9.52. The molecule has 0 spiro atoms. The highest BCUT2D eigenvalue weighted by Gasteiger charge is 2.31. The van der Waals surface area contributed by atoms with Gasteiger partial charge in [-0.1, -0.05) is 0 Å². The molecule has 0 bridgehead atoms. The number of benzene rings is 1. The fraction of sp³-hybridized carbons (Fsp3) is 0.533. The summed E-state index contributed by atoms with van der Waals surface area (Å²) >= 11 is 0. The molecule has 2 N–H and O–H groups in total. The zero-order chi connectivity index (χ0) is 14.7. The lowest BCUT2D eigenvalue weighted by molar-refractivity contribution is 0.0679. The monoisotopic (exact) mass is 279 g/mol. The maximum Gasteiger partial charge on any atom is 0.257 e. The number of hydrogen-bond acceptors (Lipinski definition) is 4. The molecule has 0 radical (unpaired) electrons. The Balaban J connectivity index is 2.22. The highest BCUT2D eigenvalue weighted by molar-refractivity contribution is 5.97. The molecule has 1 amide bonds. The van der Waals surface area contributed by atoms with E-state index in [0.29, 0.717) is 18.7 Å². The predicted molar refractivity (Wildman–Crippen MR) is 75.0 cm³/mol. The molecule has 0 saturated carbocycles. The Morgan fingerprint density at radius 3 is 2.95 bits per heavy atom. The smallest absolute Gasteiger partial charge is 0.257 e. The third-order valence-corrected chi connectivity index (χ3v) is 3.69. The van der Waals surface area contributed by atoms with Crippen LogP contribution in [-0.4, -0.2) is 46.8 Å². The van der Waals surface area contributed by atoms with E-state index in [1.54, 1.807) is 24.0 Å². The van der Waals surface area contributed by atoms with E-state index in [1.165, 1.54) is 13.2 Å². The molecular formula is C15H21NO4. The van der Waals surface area contributed by atoms with Crippen molar-refractivity contribution in [2.24, 2.45) is 0 Å². The van der Waals surface area contributed by atoms with Gasteiger partial charge in [0.15, 0.2) is 0 Å². The lowest BCUT2D eigenvalue weighted by Gasteiger charge is -2.26. The van der Waals surface area contributed by atoms with Crippen LogP contribution in [0.25, 0.3) is 0 Å². The number of nitrogens with zero attached hydrogens (tertiary/aromatic N) is 1. The molecule has 20 heavy (non-hydrogen) atoms. The average Bonchev–Trinajstić information content (AvgIpc) is 2.86. The second kappa shape index (κ2) is 6.13. The van der Waals surface area contributed by atoms with E-state index in [1.807, 2.05) is 0 Å². The normalized spacial score (nSPS) is 19.9. The number of likely N-dealkylation sites (tertiary alicyclic amines) is 1. The van der Waals surface area contributed by atoms with Gasteiger partial charge in [0, 0.05) is 12.6 Å². The van der Waals surface area contributed by atoms with Gasteiger partial charge in [-0.3, -0.25) is 4.79 Å². The summed E-state index contributed by atoms with van der Waals surface area (Å²) in [7, 11) is 1.52. The fourth-order valence-corrected chi connectivity index (χ4v) is 2.71. The standard InChI is InChI=1S/C15H21NO4/c1-10(17)8-11-4-3-7-16(11)15(19)13-9-12(20-2)5-6-14(13)18/h5-6,9-11,17-18H,3-4,7-8H2,1-2H3. The average molecular weight is 279 g/mol. The zero-order valence-electron chi connectivity index (χ0n) is 11.9. The van der Waals surface area contributed by atoms with Crippen molar-refractivity contribution in [3.05, 3.63) is 23.8 Å². The minimum absolute atomic E-state index is 0.0353. The lowest BCUT2D eigenvalue weighted by Crippen LogP contribution is -2.37. The van der Waals surface area contributed by atoms with Gasteiger partial charge in [0.2, 0.25) is 0 Å². The van der Waals surface area contributed by atoms with Crippen LogP contribution in [0.2, 0.25) is 0 Å². The number of aliphatic hydroxyl groups excluding tert-OH is 1. The molecule has 1 heterocycles. The molecule has 5 nitrogen and oxygen atoms in total. The van der Waals surface area contributed by atoms with E-state index >= 15 is 0 Å². The Labute approximate surface area is 118 Å². The number of phenolic OH excluding ortho intramolecular Hbond substituents is 1. The van der Waals surface area contributed by atoms with Crippen LogP contribution < -0.4 is 4.74 Å². The minimum atomic E-state index is -0.438. The first-order valence-electron chi connectivity index (χ1n) is 6.89. The molecule has 1 aliphatic heterocycles. The Kier molecular flexibility index (Phi) is 4.49. The highest BCUT2D eigenvalue weighted by Crippen LogP contribution is 2.29. The second-order valence-corrected chi connectivity index (χ2v) is 5.26. The first-order valence-corrected chi connectivity index (χ1v) is 6.89. The minimum Gasteiger partial charge on any atom is -0.507 e. The van der Waals surface area contributed by atoms with E-state index < -0.39 is 6.10 Å². The van der Waals surface area contributed by atoms with E-state index in [9.17, 15) is 15.0 Å². The van der Waals surface area contributed by atoms with Crippen molar-refractivity contribution in [1.29, 1.82) is 0 Å². The van der Waals surface area contributed by atoms with Crippen LogP contribution >= 0.6 is 0 Å². The molecule has 110 valence electrons. The summed E-state index contributed by atoms with van der Waals surface area (Å²) in [6, 6.07) is 4.66. The number of ether oxygens (including phenoxy) is 1. The number of aromatic hydroxyl groups is 1. The Hall–Kier alpha value is -1.75. The summed E-state index contributed by atoms with van der Waals surface area (Å²) < 4.78 is 5.09. The largest absolute Gasteiger partial charge is 0.507 e. The molecule has 1 saturated heterocycles. The van der Waals surface area contributed by atoms with Crippen molar-refractivity contribution in [1.82, 2.24) is 4.90 Å². The topological polar surface area (TPSA) is 70.0 Å². The number of amides is 1. The van der Waals surface area contributed by atoms with Crippen LogP contribution in [0, 0.1) is 0 Å². The van der Waals surface area contributed by atoms with Gasteiger partial charge >= 0.3 is 0 Å². The lowest BCUT2D eigenvalue weighted by atomic mass is 10.1. The van der Waals surface area contributed by atoms with Crippen LogP contribution in [0.1, 0.15) is 36.5 Å². The summed E-state index contributed by atoms with van der Waals surface area (Å²) in [6.07, 6.45) is 1.94. The van der Waals surface area contributed by atoms with Crippen molar-refractivity contribution < 1.29 is 19.7 Å². The zero-order valence-corrected chi connectivity index (χ0v) is 11.9. The van der Waals surface area contributed by atoms with Gasteiger partial charge in [-0.2, -0.15) is 0 Å². The fourth-order valence-electron chi connectivity index (χ4n) is 2.71.